The zero-order valence-electron chi connectivity index (χ0n) is 13.0. The smallest absolute Gasteiger partial charge is 0.370 e. The number of rotatable bonds is 1. The number of aliphatic imine (C=N–C) groups is 1. The molecule has 0 amide bonds. The van der Waals surface area contributed by atoms with E-state index in [2.05, 4.69) is 23.8 Å². The Kier molecular flexibility index (Phi) is 5.54. The summed E-state index contributed by atoms with van der Waals surface area (Å²) in [7, 11) is 0. The van der Waals surface area contributed by atoms with Crippen LogP contribution in [0.25, 0.3) is 0 Å². The molecule has 2 rings (SSSR count). The SMILES string of the molecule is CC1CCN(C(N)=NCC#Cc2ccc(C(F)(F)F)cc2)CC1. The summed E-state index contributed by atoms with van der Waals surface area (Å²) in [5.41, 5.74) is 5.77. The molecule has 1 aliphatic rings. The number of piperidine rings is 1. The van der Waals surface area contributed by atoms with E-state index < -0.39 is 11.7 Å². The van der Waals surface area contributed by atoms with Crippen LogP contribution < -0.4 is 5.73 Å². The van der Waals surface area contributed by atoms with Crippen molar-refractivity contribution in [2.45, 2.75) is 25.9 Å². The van der Waals surface area contributed by atoms with Crippen LogP contribution in [0.5, 0.6) is 0 Å². The molecule has 0 radical (unpaired) electrons. The molecule has 124 valence electrons. The lowest BCUT2D eigenvalue weighted by molar-refractivity contribution is -0.137. The number of nitrogens with two attached hydrogens (primary N) is 1. The largest absolute Gasteiger partial charge is 0.416 e. The third-order valence-electron chi connectivity index (χ3n) is 3.87. The molecule has 2 N–H and O–H groups in total. The van der Waals surface area contributed by atoms with E-state index in [0.29, 0.717) is 11.5 Å². The Labute approximate surface area is 134 Å². The van der Waals surface area contributed by atoms with Gasteiger partial charge in [0.15, 0.2) is 5.96 Å². The average Bonchev–Trinajstić information content (AvgIpc) is 2.51. The van der Waals surface area contributed by atoms with Crippen molar-refractivity contribution in [3.8, 4) is 11.8 Å². The van der Waals surface area contributed by atoms with Gasteiger partial charge in [-0.05, 0) is 43.0 Å². The van der Waals surface area contributed by atoms with Gasteiger partial charge in [0, 0.05) is 18.7 Å². The fourth-order valence-corrected chi connectivity index (χ4v) is 2.34. The van der Waals surface area contributed by atoms with Crippen LogP contribution >= 0.6 is 0 Å². The highest BCUT2D eigenvalue weighted by Gasteiger charge is 2.29. The first-order valence-corrected chi connectivity index (χ1v) is 7.57. The van der Waals surface area contributed by atoms with Crippen molar-refractivity contribution in [2.24, 2.45) is 16.6 Å². The molecule has 1 aliphatic heterocycles. The van der Waals surface area contributed by atoms with Gasteiger partial charge < -0.3 is 10.6 Å². The Morgan fingerprint density at radius 3 is 2.43 bits per heavy atom. The van der Waals surface area contributed by atoms with Crippen molar-refractivity contribution in [3.63, 3.8) is 0 Å². The fourth-order valence-electron chi connectivity index (χ4n) is 2.34. The first-order chi connectivity index (χ1) is 10.9. The van der Waals surface area contributed by atoms with E-state index in [9.17, 15) is 13.2 Å². The first kappa shape index (κ1) is 17.2. The quantitative estimate of drug-likeness (QED) is 0.490. The predicted octanol–water partition coefficient (Wildman–Crippen LogP) is 3.10. The Morgan fingerprint density at radius 2 is 1.87 bits per heavy atom. The third kappa shape index (κ3) is 5.20. The van der Waals surface area contributed by atoms with Gasteiger partial charge in [-0.15, -0.1) is 0 Å². The maximum atomic E-state index is 12.4. The summed E-state index contributed by atoms with van der Waals surface area (Å²) in [4.78, 5) is 6.25. The van der Waals surface area contributed by atoms with Crippen LogP contribution in [0.3, 0.4) is 0 Å². The van der Waals surface area contributed by atoms with Crippen LogP contribution in [0.1, 0.15) is 30.9 Å². The van der Waals surface area contributed by atoms with Crippen molar-refractivity contribution in [1.82, 2.24) is 4.90 Å². The molecule has 0 aromatic heterocycles. The van der Waals surface area contributed by atoms with Gasteiger partial charge in [-0.3, -0.25) is 0 Å². The number of nitrogens with zero attached hydrogens (tertiary/aromatic N) is 2. The summed E-state index contributed by atoms with van der Waals surface area (Å²) in [6, 6.07) is 4.76. The molecule has 23 heavy (non-hydrogen) atoms. The van der Waals surface area contributed by atoms with Gasteiger partial charge in [-0.2, -0.15) is 13.2 Å². The van der Waals surface area contributed by atoms with E-state index in [1.807, 2.05) is 4.90 Å². The molecule has 6 heteroatoms. The van der Waals surface area contributed by atoms with Gasteiger partial charge in [-0.25, -0.2) is 4.99 Å². The zero-order chi connectivity index (χ0) is 16.9. The van der Waals surface area contributed by atoms with Crippen molar-refractivity contribution in [1.29, 1.82) is 0 Å². The summed E-state index contributed by atoms with van der Waals surface area (Å²) in [6.07, 6.45) is -2.11. The van der Waals surface area contributed by atoms with Gasteiger partial charge in [0.2, 0.25) is 0 Å². The van der Waals surface area contributed by atoms with Gasteiger partial charge in [-0.1, -0.05) is 18.8 Å². The summed E-state index contributed by atoms with van der Waals surface area (Å²) >= 11 is 0. The average molecular weight is 323 g/mol. The number of hydrogen-bond acceptors (Lipinski definition) is 1. The summed E-state index contributed by atoms with van der Waals surface area (Å²) < 4.78 is 37.3. The molecule has 0 unspecified atom stereocenters. The molecule has 0 aliphatic carbocycles. The van der Waals surface area contributed by atoms with E-state index in [0.717, 1.165) is 44.0 Å². The molecular formula is C17H20F3N3. The minimum atomic E-state index is -4.32. The van der Waals surface area contributed by atoms with Crippen molar-refractivity contribution < 1.29 is 13.2 Å². The zero-order valence-corrected chi connectivity index (χ0v) is 13.0. The van der Waals surface area contributed by atoms with Crippen LogP contribution in [0.4, 0.5) is 13.2 Å². The summed E-state index contributed by atoms with van der Waals surface area (Å²) in [6.45, 7) is 4.27. The summed E-state index contributed by atoms with van der Waals surface area (Å²) in [5, 5.41) is 0. The number of alkyl halides is 3. The van der Waals surface area contributed by atoms with Gasteiger partial charge >= 0.3 is 6.18 Å². The number of benzene rings is 1. The van der Waals surface area contributed by atoms with Crippen molar-refractivity contribution in [3.05, 3.63) is 35.4 Å². The Morgan fingerprint density at radius 1 is 1.26 bits per heavy atom. The van der Waals surface area contributed by atoms with Gasteiger partial charge in [0.05, 0.1) is 5.56 Å². The highest BCUT2D eigenvalue weighted by atomic mass is 19.4. The fraction of sp³-hybridized carbons (Fsp3) is 0.471. The van der Waals surface area contributed by atoms with E-state index in [4.69, 9.17) is 5.73 Å². The third-order valence-corrected chi connectivity index (χ3v) is 3.87. The Hall–Kier alpha value is -2.16. The van der Waals surface area contributed by atoms with Crippen molar-refractivity contribution in [2.75, 3.05) is 19.6 Å². The second-order valence-electron chi connectivity index (χ2n) is 5.72. The van der Waals surface area contributed by atoms with E-state index in [1.165, 1.54) is 12.1 Å². The van der Waals surface area contributed by atoms with E-state index >= 15 is 0 Å². The van der Waals surface area contributed by atoms with E-state index in [1.54, 1.807) is 0 Å². The topological polar surface area (TPSA) is 41.6 Å². The number of likely N-dealkylation sites (tertiary alicyclic amines) is 1. The van der Waals surface area contributed by atoms with E-state index in [-0.39, 0.29) is 6.54 Å². The van der Waals surface area contributed by atoms with Crippen LogP contribution in [-0.2, 0) is 6.18 Å². The standard InChI is InChI=1S/C17H20F3N3/c1-13-8-11-23(12-9-13)16(21)22-10-2-3-14-4-6-15(7-5-14)17(18,19)20/h4-7,13H,8-12H2,1H3,(H2,21,22). The second-order valence-corrected chi connectivity index (χ2v) is 5.72. The number of hydrogen-bond donors (Lipinski definition) is 1. The minimum absolute atomic E-state index is 0.235. The predicted molar refractivity (Wildman–Crippen MR) is 84.8 cm³/mol. The highest BCUT2D eigenvalue weighted by Crippen LogP contribution is 2.28. The number of halogens is 3. The van der Waals surface area contributed by atoms with Gasteiger partial charge in [0.25, 0.3) is 0 Å². The molecule has 0 spiro atoms. The molecule has 3 nitrogen and oxygen atoms in total. The molecular weight excluding hydrogens is 303 g/mol. The molecule has 1 saturated heterocycles. The molecule has 1 aromatic rings. The minimum Gasteiger partial charge on any atom is -0.370 e. The van der Waals surface area contributed by atoms with Crippen LogP contribution in [0.2, 0.25) is 0 Å². The Bertz CT molecular complexity index is 601. The van der Waals surface area contributed by atoms with Crippen LogP contribution in [-0.4, -0.2) is 30.5 Å². The molecule has 1 aromatic carbocycles. The Balaban J connectivity index is 1.89. The lowest BCUT2D eigenvalue weighted by Crippen LogP contribution is -2.42. The number of guanidine groups is 1. The molecule has 0 atom stereocenters. The monoisotopic (exact) mass is 323 g/mol. The molecule has 1 heterocycles. The van der Waals surface area contributed by atoms with Gasteiger partial charge in [0.1, 0.15) is 6.54 Å². The maximum absolute atomic E-state index is 12.4. The summed E-state index contributed by atoms with van der Waals surface area (Å²) in [5.74, 6) is 6.81. The molecule has 1 fully saturated rings. The first-order valence-electron chi connectivity index (χ1n) is 7.57. The lowest BCUT2D eigenvalue weighted by atomic mass is 10.00. The normalized spacial score (nSPS) is 16.9. The maximum Gasteiger partial charge on any atom is 0.416 e. The van der Waals surface area contributed by atoms with Crippen LogP contribution in [0.15, 0.2) is 29.3 Å². The van der Waals surface area contributed by atoms with Crippen molar-refractivity contribution >= 4 is 5.96 Å². The second kappa shape index (κ2) is 7.40. The lowest BCUT2D eigenvalue weighted by Gasteiger charge is -2.30. The highest BCUT2D eigenvalue weighted by molar-refractivity contribution is 5.78. The molecule has 0 bridgehead atoms. The molecule has 0 saturated carbocycles. The van der Waals surface area contributed by atoms with Crippen LogP contribution in [0, 0.1) is 17.8 Å².